The number of alkyl halides is 1. The summed E-state index contributed by atoms with van der Waals surface area (Å²) in [6.45, 7) is 3.00. The van der Waals surface area contributed by atoms with Crippen LogP contribution in [0.15, 0.2) is 18.2 Å². The molecule has 1 saturated carbocycles. The van der Waals surface area contributed by atoms with Crippen molar-refractivity contribution in [2.45, 2.75) is 31.7 Å². The van der Waals surface area contributed by atoms with E-state index in [0.717, 1.165) is 17.8 Å². The number of nitrogens with zero attached hydrogens (tertiary/aromatic N) is 2. The lowest BCUT2D eigenvalue weighted by Gasteiger charge is -2.24. The highest BCUT2D eigenvalue weighted by atomic mass is 35.5. The Kier molecular flexibility index (Phi) is 3.52. The van der Waals surface area contributed by atoms with E-state index >= 15 is 0 Å². The normalized spacial score (nSPS) is 14.7. The van der Waals surface area contributed by atoms with Crippen LogP contribution in [-0.4, -0.2) is 17.5 Å². The van der Waals surface area contributed by atoms with Crippen molar-refractivity contribution >= 4 is 23.0 Å². The zero-order chi connectivity index (χ0) is 12.4. The highest BCUT2D eigenvalue weighted by molar-refractivity contribution is 6.17. The summed E-state index contributed by atoms with van der Waals surface area (Å²) < 4.78 is 0. The van der Waals surface area contributed by atoms with E-state index in [4.69, 9.17) is 11.6 Å². The van der Waals surface area contributed by atoms with Gasteiger partial charge in [0.2, 0.25) is 0 Å². The minimum atomic E-state index is -0.382. The molecule has 0 N–H and O–H groups in total. The maximum atomic E-state index is 10.7. The molecule has 1 aromatic carbocycles. The molecular weight excluding hydrogens is 240 g/mol. The van der Waals surface area contributed by atoms with Crippen molar-refractivity contribution in [1.82, 2.24) is 0 Å². The lowest BCUT2D eigenvalue weighted by molar-refractivity contribution is -0.384. The van der Waals surface area contributed by atoms with Gasteiger partial charge in [0.05, 0.1) is 4.92 Å². The maximum Gasteiger partial charge on any atom is 0.269 e. The molecule has 0 aliphatic heterocycles. The quantitative estimate of drug-likeness (QED) is 0.460. The molecule has 0 heterocycles. The Hall–Kier alpha value is -1.29. The summed E-state index contributed by atoms with van der Waals surface area (Å²) in [6.07, 6.45) is 2.40. The summed E-state index contributed by atoms with van der Waals surface area (Å²) in [4.78, 5) is 12.6. The number of nitro benzene ring substituents is 1. The maximum absolute atomic E-state index is 10.7. The molecule has 0 aromatic heterocycles. The van der Waals surface area contributed by atoms with Crippen LogP contribution in [0, 0.1) is 10.1 Å². The Morgan fingerprint density at radius 1 is 1.53 bits per heavy atom. The van der Waals surface area contributed by atoms with Crippen LogP contribution in [0.2, 0.25) is 0 Å². The predicted molar refractivity (Wildman–Crippen MR) is 68.7 cm³/mol. The van der Waals surface area contributed by atoms with E-state index in [1.807, 2.05) is 6.07 Å². The first-order chi connectivity index (χ1) is 8.17. The minimum Gasteiger partial charge on any atom is -0.369 e. The van der Waals surface area contributed by atoms with Crippen LogP contribution >= 0.6 is 11.6 Å². The highest BCUT2D eigenvalue weighted by Crippen LogP contribution is 2.35. The Balaban J connectivity index is 2.35. The van der Waals surface area contributed by atoms with E-state index in [1.165, 1.54) is 12.8 Å². The van der Waals surface area contributed by atoms with Gasteiger partial charge in [-0.1, -0.05) is 0 Å². The monoisotopic (exact) mass is 254 g/mol. The molecule has 5 heteroatoms. The fraction of sp³-hybridized carbons (Fsp3) is 0.500. The first kappa shape index (κ1) is 12.2. The molecule has 17 heavy (non-hydrogen) atoms. The number of nitro groups is 1. The van der Waals surface area contributed by atoms with Gasteiger partial charge >= 0.3 is 0 Å². The van der Waals surface area contributed by atoms with E-state index < -0.39 is 0 Å². The molecule has 1 aliphatic carbocycles. The van der Waals surface area contributed by atoms with Gasteiger partial charge in [-0.2, -0.15) is 0 Å². The lowest BCUT2D eigenvalue weighted by Crippen LogP contribution is -2.26. The summed E-state index contributed by atoms with van der Waals surface area (Å²) in [5.74, 6) is 0.306. The van der Waals surface area contributed by atoms with Crippen molar-refractivity contribution in [1.29, 1.82) is 0 Å². The van der Waals surface area contributed by atoms with E-state index in [9.17, 15) is 10.1 Å². The van der Waals surface area contributed by atoms with Gasteiger partial charge < -0.3 is 4.90 Å². The molecule has 1 aromatic rings. The van der Waals surface area contributed by atoms with E-state index in [1.54, 1.807) is 12.1 Å². The molecule has 0 radical (unpaired) electrons. The summed E-state index contributed by atoms with van der Waals surface area (Å²) in [6, 6.07) is 5.53. The van der Waals surface area contributed by atoms with Gasteiger partial charge in [-0.15, -0.1) is 11.6 Å². The third kappa shape index (κ3) is 2.52. The van der Waals surface area contributed by atoms with Crippen LogP contribution in [0.1, 0.15) is 25.3 Å². The number of non-ortho nitro benzene ring substituents is 1. The third-order valence-corrected chi connectivity index (χ3v) is 3.34. The molecular formula is C12H15ClN2O2. The van der Waals surface area contributed by atoms with Crippen LogP contribution in [0.5, 0.6) is 0 Å². The average Bonchev–Trinajstić information content (AvgIpc) is 3.14. The summed E-state index contributed by atoms with van der Waals surface area (Å²) in [5, 5.41) is 10.7. The Morgan fingerprint density at radius 3 is 2.71 bits per heavy atom. The molecule has 0 bridgehead atoms. The van der Waals surface area contributed by atoms with Crippen LogP contribution in [0.25, 0.3) is 0 Å². The zero-order valence-corrected chi connectivity index (χ0v) is 10.5. The predicted octanol–water partition coefficient (Wildman–Crippen LogP) is 3.32. The van der Waals surface area contributed by atoms with Crippen molar-refractivity contribution in [3.05, 3.63) is 33.9 Å². The number of benzene rings is 1. The second-order valence-corrected chi connectivity index (χ2v) is 4.49. The third-order valence-electron chi connectivity index (χ3n) is 3.06. The zero-order valence-electron chi connectivity index (χ0n) is 9.73. The average molecular weight is 255 g/mol. The number of halogens is 1. The summed E-state index contributed by atoms with van der Waals surface area (Å²) >= 11 is 5.89. The summed E-state index contributed by atoms with van der Waals surface area (Å²) in [7, 11) is 0. The first-order valence-corrected chi connectivity index (χ1v) is 6.30. The Labute approximate surface area is 105 Å². The number of rotatable bonds is 5. The molecule has 2 rings (SSSR count). The van der Waals surface area contributed by atoms with Crippen molar-refractivity contribution in [3.63, 3.8) is 0 Å². The van der Waals surface area contributed by atoms with Gasteiger partial charge in [-0.05, 0) is 31.4 Å². The van der Waals surface area contributed by atoms with Crippen LogP contribution in [0.3, 0.4) is 0 Å². The SMILES string of the molecule is CCN(c1ccc([N+](=O)[O-])cc1CCl)C1CC1. The molecule has 0 spiro atoms. The van der Waals surface area contributed by atoms with Gasteiger partial charge in [-0.25, -0.2) is 0 Å². The van der Waals surface area contributed by atoms with E-state index in [-0.39, 0.29) is 10.6 Å². The largest absolute Gasteiger partial charge is 0.369 e. The fourth-order valence-electron chi connectivity index (χ4n) is 2.08. The molecule has 92 valence electrons. The summed E-state index contributed by atoms with van der Waals surface area (Å²) in [5.41, 5.74) is 1.99. The molecule has 1 fully saturated rings. The van der Waals surface area contributed by atoms with Gasteiger partial charge in [0.1, 0.15) is 0 Å². The van der Waals surface area contributed by atoms with Crippen LogP contribution in [0.4, 0.5) is 11.4 Å². The Bertz CT molecular complexity index is 433. The van der Waals surface area contributed by atoms with Crippen molar-refractivity contribution < 1.29 is 4.92 Å². The van der Waals surface area contributed by atoms with Gasteiger partial charge in [0, 0.05) is 36.3 Å². The van der Waals surface area contributed by atoms with E-state index in [0.29, 0.717) is 11.9 Å². The fourth-order valence-corrected chi connectivity index (χ4v) is 2.30. The van der Waals surface area contributed by atoms with Crippen LogP contribution < -0.4 is 4.90 Å². The first-order valence-electron chi connectivity index (χ1n) is 5.77. The molecule has 0 saturated heterocycles. The number of hydrogen-bond acceptors (Lipinski definition) is 3. The molecule has 0 unspecified atom stereocenters. The second kappa shape index (κ2) is 4.92. The molecule has 1 aliphatic rings. The second-order valence-electron chi connectivity index (χ2n) is 4.22. The van der Waals surface area contributed by atoms with E-state index in [2.05, 4.69) is 11.8 Å². The lowest BCUT2D eigenvalue weighted by atomic mass is 10.1. The van der Waals surface area contributed by atoms with Crippen molar-refractivity contribution in [2.24, 2.45) is 0 Å². The number of hydrogen-bond donors (Lipinski definition) is 0. The van der Waals surface area contributed by atoms with Gasteiger partial charge in [-0.3, -0.25) is 10.1 Å². The smallest absolute Gasteiger partial charge is 0.269 e. The Morgan fingerprint density at radius 2 is 2.24 bits per heavy atom. The molecule has 0 amide bonds. The number of anilines is 1. The topological polar surface area (TPSA) is 46.4 Å². The molecule has 0 atom stereocenters. The highest BCUT2D eigenvalue weighted by Gasteiger charge is 2.29. The van der Waals surface area contributed by atoms with Gasteiger partial charge in [0.25, 0.3) is 5.69 Å². The molecule has 4 nitrogen and oxygen atoms in total. The minimum absolute atomic E-state index is 0.108. The van der Waals surface area contributed by atoms with Crippen molar-refractivity contribution in [3.8, 4) is 0 Å². The van der Waals surface area contributed by atoms with Crippen molar-refractivity contribution in [2.75, 3.05) is 11.4 Å². The van der Waals surface area contributed by atoms with Gasteiger partial charge in [0.15, 0.2) is 0 Å². The standard InChI is InChI=1S/C12H15ClN2O2/c1-2-14(10-3-4-10)12-6-5-11(15(16)17)7-9(12)8-13/h5-7,10H,2-4,8H2,1H3. The van der Waals surface area contributed by atoms with Crippen LogP contribution in [-0.2, 0) is 5.88 Å².